The van der Waals surface area contributed by atoms with E-state index in [0.717, 1.165) is 17.3 Å². The Morgan fingerprint density at radius 2 is 1.52 bits per heavy atom. The number of rotatable bonds is 6. The summed E-state index contributed by atoms with van der Waals surface area (Å²) in [7, 11) is 0. The van der Waals surface area contributed by atoms with Crippen LogP contribution in [0.15, 0.2) is 36.4 Å². The van der Waals surface area contributed by atoms with E-state index in [9.17, 15) is 4.39 Å². The smallest absolute Gasteiger partial charge is 0.151 e. The summed E-state index contributed by atoms with van der Waals surface area (Å²) in [5, 5.41) is 15.1. The molecule has 148 valence electrons. The van der Waals surface area contributed by atoms with Crippen LogP contribution in [0.2, 0.25) is 5.02 Å². The maximum absolute atomic E-state index is 13.6. The van der Waals surface area contributed by atoms with Crippen molar-refractivity contribution in [1.29, 1.82) is 10.8 Å². The van der Waals surface area contributed by atoms with Gasteiger partial charge < -0.3 is 16.2 Å². The Labute approximate surface area is 191 Å². The molecule has 0 bridgehead atoms. The Bertz CT molecular complexity index is 814. The van der Waals surface area contributed by atoms with Crippen LogP contribution >= 0.6 is 69.1 Å². The van der Waals surface area contributed by atoms with Crippen molar-refractivity contribution < 1.29 is 9.13 Å². The van der Waals surface area contributed by atoms with Gasteiger partial charge >= 0.3 is 0 Å². The standard InChI is InChI=1S/C16H16ClFN4OS2.2BrH/c17-11-2-1-9(7-24-15(19)20)14(6-11)23-13-4-3-12(18)5-10(13)8-25-16(21)22;;/h1-6H,7-8H2,(H3,19,20)(H3,21,22);2*1H. The number of amidine groups is 2. The van der Waals surface area contributed by atoms with Crippen LogP contribution in [-0.4, -0.2) is 10.3 Å². The number of hydrogen-bond acceptors (Lipinski definition) is 5. The van der Waals surface area contributed by atoms with E-state index in [0.29, 0.717) is 33.6 Å². The molecule has 0 fully saturated rings. The van der Waals surface area contributed by atoms with Gasteiger partial charge in [0, 0.05) is 27.7 Å². The fourth-order valence-corrected chi connectivity index (χ4v) is 3.18. The molecule has 0 saturated heterocycles. The molecule has 0 aromatic heterocycles. The first-order chi connectivity index (χ1) is 11.8. The molecule has 2 aromatic carbocycles. The summed E-state index contributed by atoms with van der Waals surface area (Å²) in [5.41, 5.74) is 12.1. The van der Waals surface area contributed by atoms with Gasteiger partial charge in [0.2, 0.25) is 0 Å². The van der Waals surface area contributed by atoms with Gasteiger partial charge in [-0.2, -0.15) is 0 Å². The fourth-order valence-electron chi connectivity index (χ4n) is 1.93. The number of halogens is 4. The predicted molar refractivity (Wildman–Crippen MR) is 125 cm³/mol. The molecule has 2 aromatic rings. The second-order valence-corrected chi connectivity index (χ2v) is 7.38. The SMILES string of the molecule is Br.Br.N=C(N)SCc1cc(F)ccc1Oc1cc(Cl)ccc1CSC(=N)N. The predicted octanol–water partition coefficient (Wildman–Crippen LogP) is 5.68. The molecule has 0 aliphatic carbocycles. The zero-order chi connectivity index (χ0) is 18.4. The molecule has 0 amide bonds. The van der Waals surface area contributed by atoms with Crippen LogP contribution < -0.4 is 16.2 Å². The molecule has 5 nitrogen and oxygen atoms in total. The summed E-state index contributed by atoms with van der Waals surface area (Å²) >= 11 is 8.29. The van der Waals surface area contributed by atoms with Gasteiger partial charge in [-0.3, -0.25) is 10.8 Å². The summed E-state index contributed by atoms with van der Waals surface area (Å²) in [6.07, 6.45) is 0. The van der Waals surface area contributed by atoms with E-state index in [1.807, 2.05) is 0 Å². The second kappa shape index (κ2) is 12.5. The Morgan fingerprint density at radius 1 is 0.926 bits per heavy atom. The van der Waals surface area contributed by atoms with Crippen LogP contribution in [0.25, 0.3) is 0 Å². The third-order valence-corrected chi connectivity index (χ3v) is 4.81. The van der Waals surface area contributed by atoms with Crippen molar-refractivity contribution >= 4 is 79.4 Å². The molecule has 0 aliphatic heterocycles. The first kappa shape index (κ1) is 26.1. The molecule has 0 saturated carbocycles. The largest absolute Gasteiger partial charge is 0.457 e. The van der Waals surface area contributed by atoms with E-state index in [1.165, 1.54) is 30.0 Å². The Kier molecular flexibility index (Phi) is 12.1. The second-order valence-electron chi connectivity index (χ2n) is 4.91. The third-order valence-electron chi connectivity index (χ3n) is 3.04. The number of nitrogens with two attached hydrogens (primary N) is 2. The Morgan fingerprint density at radius 3 is 2.11 bits per heavy atom. The molecule has 11 heteroatoms. The average molecular weight is 561 g/mol. The maximum Gasteiger partial charge on any atom is 0.151 e. The van der Waals surface area contributed by atoms with Crippen molar-refractivity contribution in [3.05, 3.63) is 58.4 Å². The lowest BCUT2D eigenvalue weighted by Crippen LogP contribution is -2.05. The summed E-state index contributed by atoms with van der Waals surface area (Å²) in [4.78, 5) is 0. The van der Waals surface area contributed by atoms with E-state index in [-0.39, 0.29) is 44.3 Å². The van der Waals surface area contributed by atoms with Crippen molar-refractivity contribution in [2.24, 2.45) is 11.5 Å². The highest BCUT2D eigenvalue weighted by Gasteiger charge is 2.12. The third kappa shape index (κ3) is 8.73. The van der Waals surface area contributed by atoms with Gasteiger partial charge in [0.05, 0.1) is 0 Å². The Balaban J connectivity index is 0.00000338. The molecule has 0 aliphatic rings. The molecular formula is C16H18Br2ClFN4OS2. The molecule has 2 rings (SSSR count). The van der Waals surface area contributed by atoms with Crippen molar-refractivity contribution in [3.63, 3.8) is 0 Å². The number of thioether (sulfide) groups is 2. The van der Waals surface area contributed by atoms with Crippen molar-refractivity contribution in [2.45, 2.75) is 11.5 Å². The molecule has 0 unspecified atom stereocenters. The van der Waals surface area contributed by atoms with Crippen LogP contribution in [0.3, 0.4) is 0 Å². The van der Waals surface area contributed by atoms with Crippen molar-refractivity contribution in [1.82, 2.24) is 0 Å². The minimum absolute atomic E-state index is 0. The van der Waals surface area contributed by atoms with Gasteiger partial charge in [0.25, 0.3) is 0 Å². The van der Waals surface area contributed by atoms with Gasteiger partial charge in [0.15, 0.2) is 10.3 Å². The van der Waals surface area contributed by atoms with Gasteiger partial charge in [-0.15, -0.1) is 34.0 Å². The van der Waals surface area contributed by atoms with Crippen LogP contribution in [-0.2, 0) is 11.5 Å². The highest BCUT2D eigenvalue weighted by molar-refractivity contribution is 8.93. The number of ether oxygens (including phenoxy) is 1. The molecule has 0 radical (unpaired) electrons. The van der Waals surface area contributed by atoms with Gasteiger partial charge in [-0.1, -0.05) is 41.2 Å². The minimum atomic E-state index is -0.398. The molecule has 0 atom stereocenters. The van der Waals surface area contributed by atoms with Crippen molar-refractivity contribution in [3.8, 4) is 11.5 Å². The lowest BCUT2D eigenvalue weighted by Gasteiger charge is -2.14. The van der Waals surface area contributed by atoms with Crippen LogP contribution in [0, 0.1) is 16.6 Å². The number of nitrogens with one attached hydrogen (secondary N) is 2. The highest BCUT2D eigenvalue weighted by atomic mass is 79.9. The lowest BCUT2D eigenvalue weighted by atomic mass is 10.2. The van der Waals surface area contributed by atoms with Gasteiger partial charge in [-0.05, 0) is 30.3 Å². The zero-order valence-corrected chi connectivity index (χ0v) is 19.6. The van der Waals surface area contributed by atoms with E-state index in [1.54, 1.807) is 18.2 Å². The first-order valence-electron chi connectivity index (χ1n) is 7.03. The quantitative estimate of drug-likeness (QED) is 0.269. The van der Waals surface area contributed by atoms with E-state index in [4.69, 9.17) is 38.6 Å². The topological polar surface area (TPSA) is 109 Å². The molecule has 27 heavy (non-hydrogen) atoms. The summed E-state index contributed by atoms with van der Waals surface area (Å²) in [6, 6.07) is 9.34. The number of benzene rings is 2. The monoisotopic (exact) mass is 558 g/mol. The van der Waals surface area contributed by atoms with Crippen LogP contribution in [0.1, 0.15) is 11.1 Å². The summed E-state index contributed by atoms with van der Waals surface area (Å²) in [5.74, 6) is 1.31. The highest BCUT2D eigenvalue weighted by Crippen LogP contribution is 2.34. The zero-order valence-electron chi connectivity index (χ0n) is 13.8. The van der Waals surface area contributed by atoms with Gasteiger partial charge in [0.1, 0.15) is 17.3 Å². The number of hydrogen-bond donors (Lipinski definition) is 4. The fraction of sp³-hybridized carbons (Fsp3) is 0.125. The minimum Gasteiger partial charge on any atom is -0.457 e. The van der Waals surface area contributed by atoms with Gasteiger partial charge in [-0.25, -0.2) is 4.39 Å². The molecule has 0 heterocycles. The average Bonchev–Trinajstić information content (AvgIpc) is 2.54. The molecule has 0 spiro atoms. The summed E-state index contributed by atoms with van der Waals surface area (Å²) < 4.78 is 19.5. The molecular weight excluding hydrogens is 543 g/mol. The summed E-state index contributed by atoms with van der Waals surface area (Å²) in [6.45, 7) is 0. The van der Waals surface area contributed by atoms with E-state index >= 15 is 0 Å². The first-order valence-corrected chi connectivity index (χ1v) is 9.38. The van der Waals surface area contributed by atoms with E-state index in [2.05, 4.69) is 0 Å². The normalized spacial score (nSPS) is 9.70. The van der Waals surface area contributed by atoms with Crippen LogP contribution in [0.5, 0.6) is 11.5 Å². The van der Waals surface area contributed by atoms with Crippen molar-refractivity contribution in [2.75, 3.05) is 0 Å². The lowest BCUT2D eigenvalue weighted by molar-refractivity contribution is 0.472. The Hall–Kier alpha value is -0.940. The maximum atomic E-state index is 13.6. The molecule has 6 N–H and O–H groups in total. The van der Waals surface area contributed by atoms with E-state index < -0.39 is 5.82 Å². The van der Waals surface area contributed by atoms with Crippen LogP contribution in [0.4, 0.5) is 4.39 Å².